The summed E-state index contributed by atoms with van der Waals surface area (Å²) >= 11 is 1.93. The highest BCUT2D eigenvalue weighted by molar-refractivity contribution is 14.1. The van der Waals surface area contributed by atoms with Crippen molar-refractivity contribution in [2.24, 2.45) is 17.6 Å². The number of primary amides is 1. The summed E-state index contributed by atoms with van der Waals surface area (Å²) in [6.45, 7) is 7.44. The molecule has 1 aliphatic rings. The van der Waals surface area contributed by atoms with Gasteiger partial charge in [-0.25, -0.2) is 4.79 Å². The summed E-state index contributed by atoms with van der Waals surface area (Å²) in [6, 6.07) is 4.00. The number of hydrogen-bond donors (Lipinski definition) is 5. The fraction of sp³-hybridized carbons (Fsp3) is 0.581. The summed E-state index contributed by atoms with van der Waals surface area (Å²) in [5.74, 6) is -2.94. The lowest BCUT2D eigenvalue weighted by Crippen LogP contribution is -2.54. The quantitative estimate of drug-likeness (QED) is 0.0451. The number of amides is 7. The number of nitrogens with two attached hydrogens (primary N) is 1. The maximum atomic E-state index is 13.3. The van der Waals surface area contributed by atoms with Crippen molar-refractivity contribution in [3.8, 4) is 0 Å². The number of nitrogens with zero attached hydrogens (tertiary/aromatic N) is 1. The minimum absolute atomic E-state index is 0.0129. The summed E-state index contributed by atoms with van der Waals surface area (Å²) in [7, 11) is 0. The van der Waals surface area contributed by atoms with E-state index in [2.05, 4.69) is 21.3 Å². The first kappa shape index (κ1) is 39.4. The monoisotopic (exact) mass is 772 g/mol. The Morgan fingerprint density at radius 1 is 1.00 bits per heavy atom. The van der Waals surface area contributed by atoms with Crippen LogP contribution >= 0.6 is 22.6 Å². The fourth-order valence-electron chi connectivity index (χ4n) is 4.36. The average Bonchev–Trinajstić information content (AvgIpc) is 3.25. The molecule has 1 fully saturated rings. The van der Waals surface area contributed by atoms with Crippen LogP contribution in [0.2, 0.25) is 0 Å². The first-order valence-corrected chi connectivity index (χ1v) is 16.7. The van der Waals surface area contributed by atoms with Gasteiger partial charge in [-0.1, -0.05) is 62.4 Å². The Balaban J connectivity index is 1.94. The molecule has 260 valence electrons. The molecule has 0 aromatic heterocycles. The second kappa shape index (κ2) is 19.8. The van der Waals surface area contributed by atoms with E-state index in [1.54, 1.807) is 52.0 Å². The van der Waals surface area contributed by atoms with E-state index < -0.39 is 35.8 Å². The SMILES string of the molecule is CC(C)C(=O)OCc1ccc(NC(=O)[C@H](CCCNC(N)=O)NC(=O)[C@@H](NC(=O)CCOCCN2C(=O)CC(I)C2=O)C(C)C)cc1. The van der Waals surface area contributed by atoms with Gasteiger partial charge in [-0.05, 0) is 36.5 Å². The molecule has 0 saturated carbocycles. The Morgan fingerprint density at radius 3 is 2.26 bits per heavy atom. The Bertz CT molecular complexity index is 1270. The van der Waals surface area contributed by atoms with Crippen LogP contribution in [0, 0.1) is 11.8 Å². The number of hydrogen-bond acceptors (Lipinski definition) is 9. The largest absolute Gasteiger partial charge is 0.461 e. The van der Waals surface area contributed by atoms with E-state index in [-0.39, 0.29) is 85.7 Å². The number of rotatable bonds is 19. The van der Waals surface area contributed by atoms with Gasteiger partial charge in [0.05, 0.1) is 29.6 Å². The molecule has 0 bridgehead atoms. The van der Waals surface area contributed by atoms with E-state index in [9.17, 15) is 33.6 Å². The van der Waals surface area contributed by atoms with Crippen molar-refractivity contribution in [3.63, 3.8) is 0 Å². The van der Waals surface area contributed by atoms with Crippen LogP contribution in [0.25, 0.3) is 0 Å². The number of esters is 1. The second-order valence-electron chi connectivity index (χ2n) is 11.6. The van der Waals surface area contributed by atoms with Gasteiger partial charge in [0.1, 0.15) is 18.7 Å². The summed E-state index contributed by atoms with van der Waals surface area (Å²) in [6.07, 6.45) is 0.584. The van der Waals surface area contributed by atoms with Gasteiger partial charge in [0.2, 0.25) is 29.5 Å². The summed E-state index contributed by atoms with van der Waals surface area (Å²) in [5, 5.41) is 10.6. The molecule has 2 rings (SSSR count). The third-order valence-electron chi connectivity index (χ3n) is 7.06. The van der Waals surface area contributed by atoms with Crippen LogP contribution in [0.15, 0.2) is 24.3 Å². The predicted molar refractivity (Wildman–Crippen MR) is 180 cm³/mol. The highest BCUT2D eigenvalue weighted by atomic mass is 127. The molecule has 1 unspecified atom stereocenters. The normalized spacial score (nSPS) is 15.7. The van der Waals surface area contributed by atoms with E-state index in [4.69, 9.17) is 15.2 Å². The molecule has 0 radical (unpaired) electrons. The van der Waals surface area contributed by atoms with Crippen LogP contribution < -0.4 is 27.0 Å². The number of benzene rings is 1. The van der Waals surface area contributed by atoms with Crippen molar-refractivity contribution >= 4 is 69.8 Å². The zero-order valence-corrected chi connectivity index (χ0v) is 29.3. The molecule has 7 amide bonds. The molecule has 1 aliphatic heterocycles. The minimum atomic E-state index is -1.01. The Morgan fingerprint density at radius 2 is 1.68 bits per heavy atom. The van der Waals surface area contributed by atoms with Crippen LogP contribution in [0.3, 0.4) is 0 Å². The first-order valence-electron chi connectivity index (χ1n) is 15.4. The van der Waals surface area contributed by atoms with Crippen molar-refractivity contribution in [1.29, 1.82) is 0 Å². The summed E-state index contributed by atoms with van der Waals surface area (Å²) in [4.78, 5) is 87.1. The van der Waals surface area contributed by atoms with E-state index >= 15 is 0 Å². The van der Waals surface area contributed by atoms with Gasteiger partial charge in [0.25, 0.3) is 0 Å². The van der Waals surface area contributed by atoms with Crippen molar-refractivity contribution < 1.29 is 43.0 Å². The number of urea groups is 1. The van der Waals surface area contributed by atoms with Crippen LogP contribution in [0.4, 0.5) is 10.5 Å². The number of ether oxygens (including phenoxy) is 2. The maximum Gasteiger partial charge on any atom is 0.312 e. The smallest absolute Gasteiger partial charge is 0.312 e. The zero-order chi connectivity index (χ0) is 35.1. The molecule has 6 N–H and O–H groups in total. The number of carbonyl (C=O) groups is 7. The second-order valence-corrected chi connectivity index (χ2v) is 13.2. The van der Waals surface area contributed by atoms with E-state index in [1.165, 1.54) is 0 Å². The molecule has 1 aromatic rings. The minimum Gasteiger partial charge on any atom is -0.461 e. The number of halogens is 1. The Hall–Kier alpha value is -3.80. The highest BCUT2D eigenvalue weighted by Gasteiger charge is 2.36. The van der Waals surface area contributed by atoms with Crippen LogP contribution in [-0.4, -0.2) is 88.7 Å². The summed E-state index contributed by atoms with van der Waals surface area (Å²) in [5.41, 5.74) is 6.30. The Labute approximate surface area is 287 Å². The molecular weight excluding hydrogens is 727 g/mol. The number of carbonyl (C=O) groups excluding carboxylic acids is 7. The molecule has 0 aliphatic carbocycles. The highest BCUT2D eigenvalue weighted by Crippen LogP contribution is 2.20. The molecule has 47 heavy (non-hydrogen) atoms. The van der Waals surface area contributed by atoms with Crippen LogP contribution in [0.5, 0.6) is 0 Å². The van der Waals surface area contributed by atoms with Crippen molar-refractivity contribution in [3.05, 3.63) is 29.8 Å². The number of imide groups is 1. The molecule has 1 aromatic carbocycles. The molecule has 15 nitrogen and oxygen atoms in total. The predicted octanol–water partition coefficient (Wildman–Crippen LogP) is 1.37. The lowest BCUT2D eigenvalue weighted by molar-refractivity contribution is -0.148. The molecule has 1 saturated heterocycles. The molecule has 0 spiro atoms. The standard InChI is InChI=1S/C31H45IN6O9/c1-18(2)26(37-24(39)11-14-46-15-13-38-25(40)16-22(32)29(38)43)28(42)36-23(6-5-12-34-31(33)45)27(41)35-21-9-7-20(8-10-21)17-47-30(44)19(3)4/h7-10,18-19,22-23,26H,5-6,11-17H2,1-4H3,(H,35,41)(H,36,42)(H,37,39)(H3,33,34,45)/t22?,23-,26-/m0/s1. The topological polar surface area (TPSA) is 215 Å². The van der Waals surface area contributed by atoms with Crippen LogP contribution in [0.1, 0.15) is 58.9 Å². The van der Waals surface area contributed by atoms with Gasteiger partial charge in [0.15, 0.2) is 0 Å². The third kappa shape index (κ3) is 13.8. The zero-order valence-electron chi connectivity index (χ0n) is 27.1. The lowest BCUT2D eigenvalue weighted by atomic mass is 10.0. The first-order chi connectivity index (χ1) is 22.2. The third-order valence-corrected chi connectivity index (χ3v) is 8.04. The van der Waals surface area contributed by atoms with Crippen molar-refractivity contribution in [2.75, 3.05) is 31.6 Å². The molecular formula is C31H45IN6O9. The fourth-order valence-corrected chi connectivity index (χ4v) is 5.08. The van der Waals surface area contributed by atoms with Gasteiger partial charge < -0.3 is 36.5 Å². The van der Waals surface area contributed by atoms with Crippen LogP contribution in [-0.2, 0) is 44.8 Å². The van der Waals surface area contributed by atoms with E-state index in [1.807, 2.05) is 22.6 Å². The Kier molecular flexibility index (Phi) is 16.6. The van der Waals surface area contributed by atoms with Gasteiger partial charge >= 0.3 is 12.0 Å². The molecule has 1 heterocycles. The summed E-state index contributed by atoms with van der Waals surface area (Å²) < 4.78 is 10.3. The van der Waals surface area contributed by atoms with Gasteiger partial charge in [-0.2, -0.15) is 0 Å². The maximum absolute atomic E-state index is 13.3. The average molecular weight is 773 g/mol. The van der Waals surface area contributed by atoms with Crippen molar-refractivity contribution in [2.45, 2.75) is 76.0 Å². The number of anilines is 1. The molecule has 16 heteroatoms. The van der Waals surface area contributed by atoms with Gasteiger partial charge in [0, 0.05) is 25.1 Å². The number of nitrogens with one attached hydrogen (secondary N) is 4. The molecule has 3 atom stereocenters. The van der Waals surface area contributed by atoms with Gasteiger partial charge in [-0.3, -0.25) is 33.7 Å². The van der Waals surface area contributed by atoms with E-state index in [0.29, 0.717) is 12.1 Å². The number of alkyl halides is 1. The van der Waals surface area contributed by atoms with E-state index in [0.717, 1.165) is 10.5 Å². The van der Waals surface area contributed by atoms with Gasteiger partial charge in [-0.15, -0.1) is 0 Å². The number of likely N-dealkylation sites (tertiary alicyclic amines) is 1. The van der Waals surface area contributed by atoms with Crippen molar-refractivity contribution in [1.82, 2.24) is 20.9 Å². The lowest BCUT2D eigenvalue weighted by Gasteiger charge is -2.25.